The first-order valence-electron chi connectivity index (χ1n) is 4.03. The van der Waals surface area contributed by atoms with Crippen LogP contribution in [0.2, 0.25) is 0 Å². The number of nitrogens with zero attached hydrogens (tertiary/aromatic N) is 3. The molecule has 0 spiro atoms. The molecule has 0 bridgehead atoms. The van der Waals surface area contributed by atoms with Gasteiger partial charge >= 0.3 is 6.36 Å². The van der Waals surface area contributed by atoms with Crippen molar-refractivity contribution in [3.05, 3.63) is 24.0 Å². The number of aromatic nitrogens is 3. The van der Waals surface area contributed by atoms with E-state index in [4.69, 9.17) is 0 Å². The number of aryl methyl sites for hydroxylation is 1. The number of imidazole rings is 1. The quantitative estimate of drug-likeness (QED) is 0.732. The third-order valence-electron chi connectivity index (χ3n) is 1.65. The third-order valence-corrected chi connectivity index (χ3v) is 1.65. The second kappa shape index (κ2) is 3.11. The molecule has 0 unspecified atom stereocenters. The summed E-state index contributed by atoms with van der Waals surface area (Å²) in [5, 5.41) is 3.93. The standard InChI is InChI=1S/C8H6F3N3O/c1-5-2-3-6-12-7(4-14(6)13-5)15-8(9,10)11/h2-4H,1H3. The van der Waals surface area contributed by atoms with Crippen LogP contribution in [0.5, 0.6) is 5.88 Å². The summed E-state index contributed by atoms with van der Waals surface area (Å²) in [7, 11) is 0. The molecule has 4 nitrogen and oxygen atoms in total. The van der Waals surface area contributed by atoms with Crippen molar-refractivity contribution in [1.82, 2.24) is 14.6 Å². The SMILES string of the molecule is Cc1ccc2nc(OC(F)(F)F)cn2n1. The lowest BCUT2D eigenvalue weighted by Gasteiger charge is -2.03. The molecular formula is C8H6F3N3O. The first-order chi connectivity index (χ1) is 6.94. The molecule has 2 aromatic rings. The van der Waals surface area contributed by atoms with Gasteiger partial charge in [-0.2, -0.15) is 10.1 Å². The molecule has 0 aliphatic carbocycles. The van der Waals surface area contributed by atoms with Crippen molar-refractivity contribution in [2.45, 2.75) is 13.3 Å². The highest BCUT2D eigenvalue weighted by Crippen LogP contribution is 2.21. The van der Waals surface area contributed by atoms with E-state index in [2.05, 4.69) is 14.8 Å². The number of halogens is 3. The molecule has 0 aliphatic rings. The maximum atomic E-state index is 11.9. The highest BCUT2D eigenvalue weighted by atomic mass is 19.4. The van der Waals surface area contributed by atoms with Crippen molar-refractivity contribution in [3.8, 4) is 5.88 Å². The fourth-order valence-corrected chi connectivity index (χ4v) is 1.12. The zero-order valence-electron chi connectivity index (χ0n) is 7.62. The van der Waals surface area contributed by atoms with Gasteiger partial charge in [0.2, 0.25) is 5.88 Å². The Kier molecular flexibility index (Phi) is 2.02. The number of ether oxygens (including phenoxy) is 1. The van der Waals surface area contributed by atoms with Gasteiger partial charge in [0, 0.05) is 0 Å². The lowest BCUT2D eigenvalue weighted by molar-refractivity contribution is -0.276. The van der Waals surface area contributed by atoms with E-state index in [-0.39, 0.29) is 0 Å². The average molecular weight is 217 g/mol. The summed E-state index contributed by atoms with van der Waals surface area (Å²) in [6, 6.07) is 3.21. The molecule has 0 fully saturated rings. The van der Waals surface area contributed by atoms with Gasteiger partial charge in [-0.1, -0.05) is 0 Å². The summed E-state index contributed by atoms with van der Waals surface area (Å²) in [6.07, 6.45) is -3.65. The normalized spacial score (nSPS) is 12.0. The Hall–Kier alpha value is -1.79. The number of hydrogen-bond donors (Lipinski definition) is 0. The minimum atomic E-state index is -4.73. The maximum absolute atomic E-state index is 11.9. The molecule has 2 aromatic heterocycles. The van der Waals surface area contributed by atoms with E-state index in [0.717, 1.165) is 6.20 Å². The van der Waals surface area contributed by atoms with E-state index in [1.165, 1.54) is 4.52 Å². The summed E-state index contributed by atoms with van der Waals surface area (Å²) in [5.74, 6) is -0.513. The van der Waals surface area contributed by atoms with Crippen LogP contribution in [0, 0.1) is 6.92 Å². The molecule has 0 radical (unpaired) electrons. The second-order valence-electron chi connectivity index (χ2n) is 2.90. The first-order valence-corrected chi connectivity index (χ1v) is 4.03. The molecule has 2 heterocycles. The maximum Gasteiger partial charge on any atom is 0.574 e. The van der Waals surface area contributed by atoms with Gasteiger partial charge in [-0.15, -0.1) is 13.2 Å². The van der Waals surface area contributed by atoms with E-state index in [1.54, 1.807) is 19.1 Å². The number of alkyl halides is 3. The fraction of sp³-hybridized carbons (Fsp3) is 0.250. The van der Waals surface area contributed by atoms with Crippen molar-refractivity contribution < 1.29 is 17.9 Å². The lowest BCUT2D eigenvalue weighted by Crippen LogP contribution is -2.17. The van der Waals surface area contributed by atoms with Crippen LogP contribution in [0.4, 0.5) is 13.2 Å². The van der Waals surface area contributed by atoms with Crippen molar-refractivity contribution in [3.63, 3.8) is 0 Å². The van der Waals surface area contributed by atoms with Crippen LogP contribution in [-0.4, -0.2) is 21.0 Å². The molecule has 0 atom stereocenters. The van der Waals surface area contributed by atoms with E-state index in [1.807, 2.05) is 0 Å². The van der Waals surface area contributed by atoms with Gasteiger partial charge in [0.1, 0.15) is 0 Å². The number of hydrogen-bond acceptors (Lipinski definition) is 3. The molecule has 0 aliphatic heterocycles. The van der Waals surface area contributed by atoms with Crippen LogP contribution < -0.4 is 4.74 Å². The molecule has 0 amide bonds. The van der Waals surface area contributed by atoms with Crippen LogP contribution in [0.3, 0.4) is 0 Å². The molecule has 0 saturated carbocycles. The minimum absolute atomic E-state index is 0.305. The fourth-order valence-electron chi connectivity index (χ4n) is 1.12. The summed E-state index contributed by atoms with van der Waals surface area (Å²) < 4.78 is 40.5. The van der Waals surface area contributed by atoms with Crippen LogP contribution in [0.25, 0.3) is 5.65 Å². The van der Waals surface area contributed by atoms with Gasteiger partial charge in [0.25, 0.3) is 0 Å². The number of rotatable bonds is 1. The van der Waals surface area contributed by atoms with Crippen LogP contribution >= 0.6 is 0 Å². The summed E-state index contributed by atoms with van der Waals surface area (Å²) >= 11 is 0. The summed E-state index contributed by atoms with van der Waals surface area (Å²) in [6.45, 7) is 1.73. The summed E-state index contributed by atoms with van der Waals surface area (Å²) in [5.41, 5.74) is 0.985. The highest BCUT2D eigenvalue weighted by molar-refractivity contribution is 5.40. The molecule has 0 N–H and O–H groups in total. The molecule has 80 valence electrons. The van der Waals surface area contributed by atoms with Gasteiger partial charge in [0.05, 0.1) is 11.9 Å². The second-order valence-corrected chi connectivity index (χ2v) is 2.90. The largest absolute Gasteiger partial charge is 0.574 e. The highest BCUT2D eigenvalue weighted by Gasteiger charge is 2.32. The van der Waals surface area contributed by atoms with Gasteiger partial charge in [-0.05, 0) is 19.1 Å². The van der Waals surface area contributed by atoms with E-state index in [0.29, 0.717) is 11.3 Å². The smallest absolute Gasteiger partial charge is 0.386 e. The van der Waals surface area contributed by atoms with Crippen molar-refractivity contribution >= 4 is 5.65 Å². The summed E-state index contributed by atoms with van der Waals surface area (Å²) in [4.78, 5) is 3.60. The number of fused-ring (bicyclic) bond motifs is 1. The Morgan fingerprint density at radius 1 is 1.33 bits per heavy atom. The zero-order chi connectivity index (χ0) is 11.1. The molecule has 0 saturated heterocycles. The predicted octanol–water partition coefficient (Wildman–Crippen LogP) is 1.94. The lowest BCUT2D eigenvalue weighted by atomic mass is 10.4. The molecule has 15 heavy (non-hydrogen) atoms. The Balaban J connectivity index is 2.39. The molecule has 2 rings (SSSR count). The third kappa shape index (κ3) is 2.17. The van der Waals surface area contributed by atoms with Gasteiger partial charge < -0.3 is 4.74 Å². The zero-order valence-corrected chi connectivity index (χ0v) is 7.62. The van der Waals surface area contributed by atoms with Crippen molar-refractivity contribution in [2.75, 3.05) is 0 Å². The Morgan fingerprint density at radius 3 is 2.73 bits per heavy atom. The van der Waals surface area contributed by atoms with Gasteiger partial charge in [0.15, 0.2) is 5.65 Å². The van der Waals surface area contributed by atoms with E-state index in [9.17, 15) is 13.2 Å². The first kappa shape index (κ1) is 9.75. The van der Waals surface area contributed by atoms with Crippen LogP contribution in [-0.2, 0) is 0 Å². The van der Waals surface area contributed by atoms with Crippen molar-refractivity contribution in [1.29, 1.82) is 0 Å². The van der Waals surface area contributed by atoms with Gasteiger partial charge in [-0.25, -0.2) is 4.52 Å². The molecule has 7 heteroatoms. The van der Waals surface area contributed by atoms with Crippen LogP contribution in [0.1, 0.15) is 5.69 Å². The van der Waals surface area contributed by atoms with Crippen LogP contribution in [0.15, 0.2) is 18.3 Å². The molecule has 0 aromatic carbocycles. The minimum Gasteiger partial charge on any atom is -0.386 e. The monoisotopic (exact) mass is 217 g/mol. The molecular weight excluding hydrogens is 211 g/mol. The predicted molar refractivity (Wildman–Crippen MR) is 44.4 cm³/mol. The Morgan fingerprint density at radius 2 is 2.07 bits per heavy atom. The topological polar surface area (TPSA) is 39.4 Å². The Labute approximate surface area is 82.3 Å². The average Bonchev–Trinajstić information content (AvgIpc) is 2.42. The van der Waals surface area contributed by atoms with Crippen molar-refractivity contribution in [2.24, 2.45) is 0 Å². The Bertz CT molecular complexity index is 491. The van der Waals surface area contributed by atoms with Gasteiger partial charge in [-0.3, -0.25) is 0 Å². The van der Waals surface area contributed by atoms with E-state index >= 15 is 0 Å². The van der Waals surface area contributed by atoms with E-state index < -0.39 is 12.2 Å².